The third kappa shape index (κ3) is 28.5. The van der Waals surface area contributed by atoms with E-state index >= 15 is 0 Å². The second-order valence-electron chi connectivity index (χ2n) is 0. The van der Waals surface area contributed by atoms with Gasteiger partial charge < -0.3 is 0 Å². The molecular weight excluding hydrogens is 159 g/mol. The molecule has 0 bridgehead atoms. The maximum atomic E-state index is 7.83. The molecule has 0 aliphatic heterocycles. The van der Waals surface area contributed by atoms with Crippen LogP contribution in [0.2, 0.25) is 0 Å². The van der Waals surface area contributed by atoms with Gasteiger partial charge in [-0.1, -0.05) is 0 Å². The molecule has 1 nitrogen and oxygen atoms in total. The van der Waals surface area contributed by atoms with Gasteiger partial charge in [0.05, 0.1) is 0 Å². The van der Waals surface area contributed by atoms with Crippen LogP contribution in [0.4, 0.5) is 0 Å². The van der Waals surface area contributed by atoms with Crippen LogP contribution in [0.25, 0.3) is 0 Å². The summed E-state index contributed by atoms with van der Waals surface area (Å²) in [6.07, 6.45) is 0. The topological polar surface area (TPSA) is 17.1 Å². The van der Waals surface area contributed by atoms with E-state index in [0.29, 0.717) is 0 Å². The van der Waals surface area contributed by atoms with E-state index in [1.54, 1.807) is 0 Å². The van der Waals surface area contributed by atoms with Crippen LogP contribution in [0.15, 0.2) is 0 Å². The van der Waals surface area contributed by atoms with Gasteiger partial charge in [-0.2, -0.15) is 4.21 Å². The van der Waals surface area contributed by atoms with Crippen LogP contribution >= 0.6 is 9.90 Å². The fourth-order valence-electron chi connectivity index (χ4n) is 0. The Hall–Kier alpha value is 1.59. The Kier molecular flexibility index (Phi) is 286. The number of hydrogen-bond acceptors (Lipinski definition) is 2. The minimum Gasteiger partial charge on any atom is -0.197 e. The van der Waals surface area contributed by atoms with Crippen LogP contribution < -0.4 is 0 Å². The first-order valence-electron chi connectivity index (χ1n) is 0.167. The van der Waals surface area contributed by atoms with Crippen molar-refractivity contribution in [3.8, 4) is 0 Å². The fraction of sp³-hybridized carbons (Fsp3) is 0. The summed E-state index contributed by atoms with van der Waals surface area (Å²) in [5.41, 5.74) is 0. The van der Waals surface area contributed by atoms with Crippen LogP contribution in [0.1, 0.15) is 0 Å². The zero-order chi connectivity index (χ0) is 2.00. The second kappa shape index (κ2) is 46.6. The largest absolute Gasteiger partial charge is 0.197 e. The van der Waals surface area contributed by atoms with Gasteiger partial charge in [0.2, 0.25) is 0 Å². The molecule has 0 aromatic carbocycles. The zero-order valence-corrected chi connectivity index (χ0v) is 6.57. The molecular formula is GeLiOPS. The van der Waals surface area contributed by atoms with E-state index < -0.39 is 0 Å². The summed E-state index contributed by atoms with van der Waals surface area (Å²) in [5, 5.41) is 0. The summed E-state index contributed by atoms with van der Waals surface area (Å²) >= 11 is 2.83. The van der Waals surface area contributed by atoms with E-state index in [4.69, 9.17) is 4.21 Å². The van der Waals surface area contributed by atoms with Gasteiger partial charge in [0.25, 0.3) is 0 Å². The van der Waals surface area contributed by atoms with Gasteiger partial charge in [0, 0.05) is 46.4 Å². The fourth-order valence-corrected chi connectivity index (χ4v) is 0. The minimum absolute atomic E-state index is 0. The van der Waals surface area contributed by atoms with Crippen LogP contribution in [0.5, 0.6) is 0 Å². The van der Waals surface area contributed by atoms with E-state index in [0.717, 1.165) is 0 Å². The van der Waals surface area contributed by atoms with Crippen molar-refractivity contribution in [1.82, 2.24) is 0 Å². The van der Waals surface area contributed by atoms with Crippen molar-refractivity contribution in [1.29, 1.82) is 0 Å². The van der Waals surface area contributed by atoms with Crippen molar-refractivity contribution in [2.24, 2.45) is 0 Å². The molecule has 0 spiro atoms. The Morgan fingerprint density at radius 1 is 1.20 bits per heavy atom. The Balaban J connectivity index is -0.00000000167. The molecule has 0 fully saturated rings. The predicted molar refractivity (Wildman–Crippen MR) is 26.6 cm³/mol. The van der Waals surface area contributed by atoms with Crippen molar-refractivity contribution in [2.75, 3.05) is 0 Å². The molecule has 0 aromatic heterocycles. The van der Waals surface area contributed by atoms with E-state index in [-0.39, 0.29) is 46.4 Å². The summed E-state index contributed by atoms with van der Waals surface area (Å²) in [7, 11) is 0. The third-order valence-corrected chi connectivity index (χ3v) is 0. The van der Waals surface area contributed by atoms with Crippen molar-refractivity contribution in [3.05, 3.63) is 0 Å². The predicted octanol–water partition coefficient (Wildman–Crippen LogP) is -0.237. The molecule has 0 N–H and O–H groups in total. The molecule has 0 rings (SSSR count). The molecule has 0 aromatic rings. The van der Waals surface area contributed by atoms with Gasteiger partial charge in [0.1, 0.15) is 0 Å². The second-order valence-corrected chi connectivity index (χ2v) is 0. The van der Waals surface area contributed by atoms with E-state index in [1.165, 1.54) is 0 Å². The first-order valence-corrected chi connectivity index (χ1v) is 0.500. The van der Waals surface area contributed by atoms with Gasteiger partial charge >= 0.3 is 0 Å². The van der Waals surface area contributed by atoms with Gasteiger partial charge in [-0.25, -0.2) is 0 Å². The quantitative estimate of drug-likeness (QED) is 0.358. The molecule has 0 unspecified atom stereocenters. The first-order chi connectivity index (χ1) is 1.00. The molecule has 0 heterocycles. The molecule has 0 saturated carbocycles. The van der Waals surface area contributed by atoms with Crippen molar-refractivity contribution < 1.29 is 4.21 Å². The first kappa shape index (κ1) is 30.7. The summed E-state index contributed by atoms with van der Waals surface area (Å²) in [6, 6.07) is 0. The monoisotopic (exact) mass is 160 g/mol. The standard InChI is InChI=1S/Ge.Li.OS.P/c;;1-2;. The zero-order valence-electron chi connectivity index (χ0n) is 2.76. The van der Waals surface area contributed by atoms with Crippen molar-refractivity contribution in [3.63, 3.8) is 0 Å². The molecule has 0 saturated heterocycles. The SMILES string of the molecule is O=S.[Ge].[Li].[P]. The van der Waals surface area contributed by atoms with Crippen molar-refractivity contribution >= 4 is 58.9 Å². The Bertz CT molecular complexity index is 11.6. The average Bonchev–Trinajstić information content (AvgIpc) is 1.00. The average molecular weight is 159 g/mol. The number of rotatable bonds is 0. The van der Waals surface area contributed by atoms with E-state index in [1.807, 2.05) is 0 Å². The Labute approximate surface area is 63.0 Å². The summed E-state index contributed by atoms with van der Waals surface area (Å²) in [5.74, 6) is 0. The summed E-state index contributed by atoms with van der Waals surface area (Å²) in [4.78, 5) is 0. The number of hydrogen-bond donors (Lipinski definition) is 0. The Morgan fingerprint density at radius 2 is 1.20 bits per heavy atom. The van der Waals surface area contributed by atoms with Crippen LogP contribution in [-0.2, 0) is 12.5 Å². The van der Waals surface area contributed by atoms with Gasteiger partial charge in [-0.15, -0.1) is 0 Å². The van der Waals surface area contributed by atoms with Gasteiger partial charge in [-0.3, -0.25) is 0 Å². The molecule has 22 valence electrons. The molecule has 8 radical (unpaired) electrons. The smallest absolute Gasteiger partial charge is 0.197 e. The van der Waals surface area contributed by atoms with Gasteiger partial charge in [-0.05, 0) is 0 Å². The van der Waals surface area contributed by atoms with Crippen molar-refractivity contribution in [2.45, 2.75) is 0 Å². The molecule has 5 heteroatoms. The minimum atomic E-state index is 0. The van der Waals surface area contributed by atoms with Crippen LogP contribution in [-0.4, -0.2) is 40.7 Å². The van der Waals surface area contributed by atoms with Crippen LogP contribution in [0, 0.1) is 0 Å². The maximum Gasteiger partial charge on any atom is 0.197 e. The van der Waals surface area contributed by atoms with Gasteiger partial charge in [0.15, 0.2) is 12.5 Å². The third-order valence-electron chi connectivity index (χ3n) is 0. The van der Waals surface area contributed by atoms with E-state index in [9.17, 15) is 0 Å². The van der Waals surface area contributed by atoms with Crippen LogP contribution in [0.3, 0.4) is 0 Å². The van der Waals surface area contributed by atoms with E-state index in [2.05, 4.69) is 12.5 Å². The molecule has 0 aliphatic carbocycles. The Morgan fingerprint density at radius 3 is 1.20 bits per heavy atom. The molecule has 0 amide bonds. The summed E-state index contributed by atoms with van der Waals surface area (Å²) < 4.78 is 7.83. The summed E-state index contributed by atoms with van der Waals surface area (Å²) in [6.45, 7) is 0. The molecule has 5 heavy (non-hydrogen) atoms. The normalized spacial score (nSPS) is 0.800. The molecule has 0 aliphatic rings. The maximum absolute atomic E-state index is 7.83. The molecule has 0 atom stereocenters.